The topological polar surface area (TPSA) is 0 Å². The fourth-order valence-electron chi connectivity index (χ4n) is 5.39. The summed E-state index contributed by atoms with van der Waals surface area (Å²) in [6.45, 7) is 23.9. The van der Waals surface area contributed by atoms with Gasteiger partial charge >= 0.3 is 0 Å². The van der Waals surface area contributed by atoms with Crippen LogP contribution < -0.4 is 5.19 Å². The molecule has 0 fully saturated rings. The number of rotatable bonds is 5. The average Bonchev–Trinajstić information content (AvgIpc) is 2.24. The van der Waals surface area contributed by atoms with Crippen LogP contribution in [-0.2, 0) is 0 Å². The summed E-state index contributed by atoms with van der Waals surface area (Å²) in [6.07, 6.45) is -1.03. The minimum atomic E-state index is -1.28. The third kappa shape index (κ3) is 3.51. The van der Waals surface area contributed by atoms with E-state index in [0.717, 1.165) is 3.91 Å². The summed E-state index contributed by atoms with van der Waals surface area (Å²) in [6, 6.07) is 11.5. The Balaban J connectivity index is 3.67. The molecule has 0 aliphatic carbocycles. The summed E-state index contributed by atoms with van der Waals surface area (Å²) in [5.74, 6) is 0. The zero-order chi connectivity index (χ0) is 16.7. The van der Waals surface area contributed by atoms with Gasteiger partial charge < -0.3 is 0 Å². The van der Waals surface area contributed by atoms with Gasteiger partial charge in [-0.15, -0.1) is 21.8 Å². The van der Waals surface area contributed by atoms with Gasteiger partial charge in [0.1, 0.15) is 6.29 Å². The zero-order valence-electron chi connectivity index (χ0n) is 15.3. The summed E-state index contributed by atoms with van der Waals surface area (Å²) in [7, 11) is -3.83. The van der Waals surface area contributed by atoms with E-state index in [2.05, 4.69) is 111 Å². The normalized spacial score (nSPS) is 15.9. The lowest BCUT2D eigenvalue weighted by Gasteiger charge is -2.61. The van der Waals surface area contributed by atoms with Gasteiger partial charge in [-0.3, -0.25) is 0 Å². The Morgan fingerprint density at radius 3 is 1.33 bits per heavy atom. The van der Waals surface area contributed by atoms with E-state index in [4.69, 9.17) is 0 Å². The van der Waals surface area contributed by atoms with E-state index in [1.807, 2.05) is 0 Å². The fraction of sp³-hybridized carbons (Fsp3) is 0.625. The van der Waals surface area contributed by atoms with Crippen molar-refractivity contribution in [2.75, 3.05) is 0 Å². The van der Waals surface area contributed by atoms with Crippen molar-refractivity contribution in [1.82, 2.24) is 0 Å². The summed E-state index contributed by atoms with van der Waals surface area (Å²) in [5, 5.41) is 1.69. The largest absolute Gasteiger partial charge is 0.139 e. The maximum absolute atomic E-state index is 2.94. The van der Waals surface area contributed by atoms with Gasteiger partial charge in [0.25, 0.3) is 0 Å². The van der Waals surface area contributed by atoms with Gasteiger partial charge in [0.2, 0.25) is 0 Å². The van der Waals surface area contributed by atoms with Crippen LogP contribution in [0, 0.1) is 0 Å². The van der Waals surface area contributed by atoms with Crippen molar-refractivity contribution in [2.45, 2.75) is 62.8 Å². The highest BCUT2D eigenvalue weighted by atomic mass is 127. The van der Waals surface area contributed by atoms with Crippen LogP contribution in [0.1, 0.15) is 0 Å². The van der Waals surface area contributed by atoms with Gasteiger partial charge in [0.05, 0.1) is 0 Å². The van der Waals surface area contributed by atoms with Crippen LogP contribution in [0.2, 0.25) is 62.8 Å². The van der Waals surface area contributed by atoms with E-state index >= 15 is 0 Å². The highest BCUT2D eigenvalue weighted by Crippen LogP contribution is 2.56. The Labute approximate surface area is 150 Å². The van der Waals surface area contributed by atoms with Gasteiger partial charge in [-0.1, -0.05) is 94.4 Å². The molecule has 21 heavy (non-hydrogen) atoms. The van der Waals surface area contributed by atoms with Crippen LogP contribution in [-0.4, -0.2) is 30.5 Å². The Morgan fingerprint density at radius 1 is 0.714 bits per heavy atom. The molecule has 0 spiro atoms. The predicted molar refractivity (Wildman–Crippen MR) is 120 cm³/mol. The van der Waals surface area contributed by atoms with E-state index in [1.165, 1.54) is 0 Å². The molecule has 5 heteroatoms. The lowest BCUT2D eigenvalue weighted by Crippen LogP contribution is -2.73. The van der Waals surface area contributed by atoms with Crippen molar-refractivity contribution in [3.63, 3.8) is 0 Å². The average molecular weight is 465 g/mol. The number of halogens is 1. The Morgan fingerprint density at radius 2 is 1.05 bits per heavy atom. The highest BCUT2D eigenvalue weighted by Gasteiger charge is 2.63. The van der Waals surface area contributed by atoms with Crippen molar-refractivity contribution in [3.05, 3.63) is 30.3 Å². The Kier molecular flexibility index (Phi) is 6.03. The lowest BCUT2D eigenvalue weighted by atomic mass is 10.4. The molecule has 1 unspecified atom stereocenters. The van der Waals surface area contributed by atoms with Crippen LogP contribution in [0.15, 0.2) is 30.3 Å². The summed E-state index contributed by atoms with van der Waals surface area (Å²) >= 11 is 2.94. The third-order valence-corrected chi connectivity index (χ3v) is 48.0. The predicted octanol–water partition coefficient (Wildman–Crippen LogP) is 5.43. The van der Waals surface area contributed by atoms with Crippen LogP contribution in [0.25, 0.3) is 0 Å². The van der Waals surface area contributed by atoms with Crippen molar-refractivity contribution in [2.24, 2.45) is 0 Å². The van der Waals surface area contributed by atoms with Crippen LogP contribution in [0.4, 0.5) is 0 Å². The lowest BCUT2D eigenvalue weighted by molar-refractivity contribution is 1.23. The fourth-order valence-corrected chi connectivity index (χ4v) is 70.5. The molecule has 1 aromatic rings. The van der Waals surface area contributed by atoms with E-state index in [1.54, 1.807) is 5.19 Å². The molecule has 0 aliphatic heterocycles. The molecule has 120 valence electrons. The minimum Gasteiger partial charge on any atom is -0.117 e. The highest BCUT2D eigenvalue weighted by molar-refractivity contribution is 14.1. The van der Waals surface area contributed by atoms with Gasteiger partial charge in [0, 0.05) is 24.2 Å². The molecule has 0 radical (unpaired) electrons. The first-order valence-electron chi connectivity index (χ1n) is 7.96. The Hall–Kier alpha value is 0.818. The molecule has 0 bridgehead atoms. The van der Waals surface area contributed by atoms with Crippen LogP contribution >= 0.6 is 21.8 Å². The van der Waals surface area contributed by atoms with Crippen molar-refractivity contribution in [1.29, 1.82) is 0 Å². The first-order chi connectivity index (χ1) is 9.27. The molecule has 1 aromatic carbocycles. The molecular formula is C16H33ISi4. The molecule has 0 aromatic heterocycles. The van der Waals surface area contributed by atoms with Crippen molar-refractivity contribution in [3.8, 4) is 0 Å². The first-order valence-corrected chi connectivity index (χ1v) is 23.8. The van der Waals surface area contributed by atoms with E-state index in [9.17, 15) is 0 Å². The minimum absolute atomic E-state index is 0.717. The van der Waals surface area contributed by atoms with Gasteiger partial charge in [-0.05, 0) is 3.91 Å². The first kappa shape index (κ1) is 19.9. The molecule has 0 amide bonds. The number of hydrogen-bond donors (Lipinski definition) is 0. The van der Waals surface area contributed by atoms with E-state index in [0.29, 0.717) is 0 Å². The second-order valence-electron chi connectivity index (χ2n) is 9.33. The van der Waals surface area contributed by atoms with E-state index < -0.39 is 30.5 Å². The molecule has 1 rings (SSSR count). The van der Waals surface area contributed by atoms with Crippen LogP contribution in [0.5, 0.6) is 0 Å². The quantitative estimate of drug-likeness (QED) is 0.310. The summed E-state index contributed by atoms with van der Waals surface area (Å²) in [4.78, 5) is 0. The molecule has 0 N–H and O–H groups in total. The molecule has 0 aliphatic rings. The standard InChI is InChI=1S/C16H33ISi4/c1-19(2,3)16(20(4,5)6,21(7,8)9)18(17)15-13-11-10-12-14-15/h10-14,18H,1-9H3. The molecular weight excluding hydrogens is 431 g/mol. The maximum Gasteiger partial charge on any atom is 0.139 e. The second-order valence-corrected chi connectivity index (χ2v) is 34.4. The van der Waals surface area contributed by atoms with Crippen molar-refractivity contribution >= 4 is 57.5 Å². The molecule has 1 atom stereocenters. The third-order valence-electron chi connectivity index (χ3n) is 5.02. The number of hydrogen-bond acceptors (Lipinski definition) is 0. The Bertz CT molecular complexity index is 430. The molecule has 0 saturated heterocycles. The second kappa shape index (κ2) is 6.37. The monoisotopic (exact) mass is 464 g/mol. The summed E-state index contributed by atoms with van der Waals surface area (Å²) < 4.78 is 0.717. The van der Waals surface area contributed by atoms with E-state index in [-0.39, 0.29) is 0 Å². The number of benzene rings is 1. The molecule has 0 heterocycles. The van der Waals surface area contributed by atoms with Gasteiger partial charge in [0.15, 0.2) is 0 Å². The molecule has 0 saturated carbocycles. The van der Waals surface area contributed by atoms with Crippen molar-refractivity contribution < 1.29 is 0 Å². The summed E-state index contributed by atoms with van der Waals surface area (Å²) in [5.41, 5.74) is 0. The smallest absolute Gasteiger partial charge is 0.117 e. The van der Waals surface area contributed by atoms with Crippen LogP contribution in [0.3, 0.4) is 0 Å². The zero-order valence-corrected chi connectivity index (χ0v) is 21.7. The SMILES string of the molecule is C[Si](C)(C)C([SiH](I)c1ccccc1)([Si](C)(C)C)[Si](C)(C)C. The molecule has 0 nitrogen and oxygen atoms in total. The van der Waals surface area contributed by atoms with Gasteiger partial charge in [-0.2, -0.15) is 0 Å². The maximum atomic E-state index is 2.94. The van der Waals surface area contributed by atoms with Gasteiger partial charge in [-0.25, -0.2) is 0 Å².